The van der Waals surface area contributed by atoms with Gasteiger partial charge in [-0.3, -0.25) is 9.69 Å². The molecule has 0 N–H and O–H groups in total. The first kappa shape index (κ1) is 19.8. The first-order valence-corrected chi connectivity index (χ1v) is 8.78. The van der Waals surface area contributed by atoms with E-state index in [4.69, 9.17) is 4.74 Å². The maximum atomic E-state index is 12.8. The van der Waals surface area contributed by atoms with Crippen LogP contribution in [0.3, 0.4) is 0 Å². The van der Waals surface area contributed by atoms with Gasteiger partial charge in [-0.15, -0.1) is 0 Å². The Morgan fingerprint density at radius 3 is 2.52 bits per heavy atom. The van der Waals surface area contributed by atoms with Gasteiger partial charge in [0, 0.05) is 12.0 Å². The first-order chi connectivity index (χ1) is 11.7. The third kappa shape index (κ3) is 4.97. The quantitative estimate of drug-likeness (QED) is 0.717. The molecule has 0 amide bonds. The highest BCUT2D eigenvalue weighted by atomic mass is 19.4. The Hall–Kier alpha value is -1.56. The molecular weight excluding hydrogens is 331 g/mol. The number of carbonyl (C=O) groups is 1. The molecule has 1 heterocycles. The Morgan fingerprint density at radius 2 is 1.96 bits per heavy atom. The molecule has 0 radical (unpaired) electrons. The van der Waals surface area contributed by atoms with Crippen LogP contribution in [0.5, 0.6) is 0 Å². The molecule has 2 rings (SSSR count). The average molecular weight is 357 g/mol. The number of esters is 1. The van der Waals surface area contributed by atoms with Crippen LogP contribution in [0.15, 0.2) is 24.3 Å². The summed E-state index contributed by atoms with van der Waals surface area (Å²) in [5, 5.41) is 0. The predicted molar refractivity (Wildman–Crippen MR) is 90.0 cm³/mol. The summed E-state index contributed by atoms with van der Waals surface area (Å²) in [5.74, 6) is -0.253. The second-order valence-electron chi connectivity index (χ2n) is 6.89. The summed E-state index contributed by atoms with van der Waals surface area (Å²) in [5.41, 5.74) is 0.189. The Labute approximate surface area is 147 Å². The Kier molecular flexibility index (Phi) is 6.49. The molecule has 1 aromatic rings. The molecule has 25 heavy (non-hydrogen) atoms. The standard InChI is InChI=1S/C19H26F3NO2/c1-4-13(2)18(24)25-12-15-6-5-11-23(3)17(15)14-7-9-16(10-8-14)19(20,21)22/h7-10,13,15,17H,4-6,11-12H2,1-3H3/t13-,15+,17-/m0/s1. The zero-order chi connectivity index (χ0) is 18.6. The molecule has 0 aromatic heterocycles. The lowest BCUT2D eigenvalue weighted by molar-refractivity contribution is -0.150. The molecule has 1 saturated heterocycles. The maximum Gasteiger partial charge on any atom is 0.416 e. The fraction of sp³-hybridized carbons (Fsp3) is 0.632. The zero-order valence-corrected chi connectivity index (χ0v) is 15.0. The van der Waals surface area contributed by atoms with Crippen molar-refractivity contribution >= 4 is 5.97 Å². The molecule has 1 aliphatic heterocycles. The highest BCUT2D eigenvalue weighted by molar-refractivity contribution is 5.71. The van der Waals surface area contributed by atoms with Gasteiger partial charge in [-0.2, -0.15) is 13.2 Å². The van der Waals surface area contributed by atoms with Crippen LogP contribution in [0.4, 0.5) is 13.2 Å². The van der Waals surface area contributed by atoms with Crippen LogP contribution < -0.4 is 0 Å². The Morgan fingerprint density at radius 1 is 1.32 bits per heavy atom. The highest BCUT2D eigenvalue weighted by Crippen LogP contribution is 2.37. The van der Waals surface area contributed by atoms with E-state index in [2.05, 4.69) is 4.90 Å². The summed E-state index contributed by atoms with van der Waals surface area (Å²) in [6.07, 6.45) is -1.73. The minimum absolute atomic E-state index is 0.0410. The molecule has 3 nitrogen and oxygen atoms in total. The zero-order valence-electron chi connectivity index (χ0n) is 15.0. The summed E-state index contributed by atoms with van der Waals surface area (Å²) in [4.78, 5) is 14.1. The fourth-order valence-corrected chi connectivity index (χ4v) is 3.33. The molecule has 0 unspecified atom stereocenters. The van der Waals surface area contributed by atoms with Crippen LogP contribution in [0.2, 0.25) is 0 Å². The van der Waals surface area contributed by atoms with Crippen LogP contribution in [-0.2, 0) is 15.7 Å². The van der Waals surface area contributed by atoms with E-state index in [1.54, 1.807) is 12.1 Å². The number of ether oxygens (including phenoxy) is 1. The van der Waals surface area contributed by atoms with Crippen LogP contribution in [0.25, 0.3) is 0 Å². The number of carbonyl (C=O) groups excluding carboxylic acids is 1. The summed E-state index contributed by atoms with van der Waals surface area (Å²) in [7, 11) is 1.96. The van der Waals surface area contributed by atoms with Gasteiger partial charge in [-0.05, 0) is 50.6 Å². The molecule has 1 aromatic carbocycles. The lowest BCUT2D eigenvalue weighted by atomic mass is 9.85. The van der Waals surface area contributed by atoms with Gasteiger partial charge in [0.1, 0.15) is 0 Å². The van der Waals surface area contributed by atoms with Crippen LogP contribution in [-0.4, -0.2) is 31.1 Å². The number of benzene rings is 1. The van der Waals surface area contributed by atoms with Crippen molar-refractivity contribution in [3.8, 4) is 0 Å². The third-order valence-corrected chi connectivity index (χ3v) is 5.04. The number of nitrogens with zero attached hydrogens (tertiary/aromatic N) is 1. The van der Waals surface area contributed by atoms with E-state index in [9.17, 15) is 18.0 Å². The largest absolute Gasteiger partial charge is 0.465 e. The SMILES string of the molecule is CC[C@H](C)C(=O)OC[C@H]1CCCN(C)[C@H]1c1ccc(C(F)(F)F)cc1. The molecule has 0 bridgehead atoms. The number of alkyl halides is 3. The first-order valence-electron chi connectivity index (χ1n) is 8.78. The van der Waals surface area contributed by atoms with E-state index < -0.39 is 11.7 Å². The second-order valence-corrected chi connectivity index (χ2v) is 6.89. The minimum Gasteiger partial charge on any atom is -0.465 e. The van der Waals surface area contributed by atoms with Crippen molar-refractivity contribution < 1.29 is 22.7 Å². The number of hydrogen-bond donors (Lipinski definition) is 0. The van der Waals surface area contributed by atoms with Crippen LogP contribution in [0, 0.1) is 11.8 Å². The van der Waals surface area contributed by atoms with Gasteiger partial charge in [0.25, 0.3) is 0 Å². The number of piperidine rings is 1. The van der Waals surface area contributed by atoms with E-state index >= 15 is 0 Å². The van der Waals surface area contributed by atoms with E-state index in [0.717, 1.165) is 43.5 Å². The van der Waals surface area contributed by atoms with Gasteiger partial charge in [0.15, 0.2) is 0 Å². The molecule has 0 saturated carbocycles. The molecule has 0 spiro atoms. The molecular formula is C19H26F3NO2. The van der Waals surface area contributed by atoms with Crippen molar-refractivity contribution in [1.82, 2.24) is 4.90 Å². The molecule has 3 atom stereocenters. The number of rotatable bonds is 5. The molecule has 1 fully saturated rings. The topological polar surface area (TPSA) is 29.5 Å². The van der Waals surface area contributed by atoms with E-state index in [-0.39, 0.29) is 23.8 Å². The third-order valence-electron chi connectivity index (χ3n) is 5.04. The van der Waals surface area contributed by atoms with Crippen molar-refractivity contribution in [2.75, 3.05) is 20.2 Å². The van der Waals surface area contributed by atoms with Gasteiger partial charge in [0.05, 0.1) is 18.1 Å². The molecule has 0 aliphatic carbocycles. The lowest BCUT2D eigenvalue weighted by Gasteiger charge is -2.39. The maximum absolute atomic E-state index is 12.8. The lowest BCUT2D eigenvalue weighted by Crippen LogP contribution is -2.38. The predicted octanol–water partition coefficient (Wildman–Crippen LogP) is 4.68. The van der Waals surface area contributed by atoms with E-state index in [0.29, 0.717) is 6.61 Å². The van der Waals surface area contributed by atoms with Crippen LogP contribution in [0.1, 0.15) is 50.3 Å². The van der Waals surface area contributed by atoms with E-state index in [1.165, 1.54) is 0 Å². The fourth-order valence-electron chi connectivity index (χ4n) is 3.33. The summed E-state index contributed by atoms with van der Waals surface area (Å²) in [6.45, 7) is 4.95. The molecule has 6 heteroatoms. The smallest absolute Gasteiger partial charge is 0.416 e. The molecule has 1 aliphatic rings. The van der Waals surface area contributed by atoms with Gasteiger partial charge in [-0.1, -0.05) is 26.0 Å². The van der Waals surface area contributed by atoms with Crippen molar-refractivity contribution in [2.24, 2.45) is 11.8 Å². The molecule has 140 valence electrons. The van der Waals surface area contributed by atoms with Gasteiger partial charge < -0.3 is 4.74 Å². The monoisotopic (exact) mass is 357 g/mol. The Balaban J connectivity index is 2.12. The normalized spacial score (nSPS) is 23.3. The van der Waals surface area contributed by atoms with Crippen LogP contribution >= 0.6 is 0 Å². The summed E-state index contributed by atoms with van der Waals surface area (Å²) in [6, 6.07) is 5.29. The van der Waals surface area contributed by atoms with Crippen molar-refractivity contribution in [3.05, 3.63) is 35.4 Å². The second kappa shape index (κ2) is 8.21. The number of hydrogen-bond acceptors (Lipinski definition) is 3. The van der Waals surface area contributed by atoms with Crippen molar-refractivity contribution in [1.29, 1.82) is 0 Å². The summed E-state index contributed by atoms with van der Waals surface area (Å²) >= 11 is 0. The summed E-state index contributed by atoms with van der Waals surface area (Å²) < 4.78 is 43.8. The van der Waals surface area contributed by atoms with Gasteiger partial charge in [-0.25, -0.2) is 0 Å². The Bertz CT molecular complexity index is 571. The van der Waals surface area contributed by atoms with Crippen molar-refractivity contribution in [3.63, 3.8) is 0 Å². The number of halogens is 3. The van der Waals surface area contributed by atoms with Gasteiger partial charge >= 0.3 is 12.1 Å². The van der Waals surface area contributed by atoms with E-state index in [1.807, 2.05) is 20.9 Å². The minimum atomic E-state index is -4.33. The highest BCUT2D eigenvalue weighted by Gasteiger charge is 2.34. The van der Waals surface area contributed by atoms with Gasteiger partial charge in [0.2, 0.25) is 0 Å². The average Bonchev–Trinajstić information content (AvgIpc) is 2.58. The van der Waals surface area contributed by atoms with Crippen molar-refractivity contribution in [2.45, 2.75) is 45.3 Å². The number of likely N-dealkylation sites (tertiary alicyclic amines) is 1.